The van der Waals surface area contributed by atoms with Crippen LogP contribution in [0.4, 0.5) is 0 Å². The lowest BCUT2D eigenvalue weighted by Gasteiger charge is -2.29. The number of carbonyl (C=O) groups excluding carboxylic acids is 2. The van der Waals surface area contributed by atoms with Crippen LogP contribution in [0, 0.1) is 13.8 Å². The van der Waals surface area contributed by atoms with Crippen LogP contribution in [0.25, 0.3) is 0 Å². The molecule has 4 nitrogen and oxygen atoms in total. The quantitative estimate of drug-likeness (QED) is 0.590. The number of aryl methyl sites for hydroxylation is 2. The molecule has 0 bridgehead atoms. The predicted molar refractivity (Wildman–Crippen MR) is 126 cm³/mol. The van der Waals surface area contributed by atoms with Gasteiger partial charge < -0.3 is 10.2 Å². The molecule has 0 saturated carbocycles. The number of nitrogens with one attached hydrogen (secondary N) is 1. The highest BCUT2D eigenvalue weighted by molar-refractivity contribution is 7.99. The lowest BCUT2D eigenvalue weighted by atomic mass is 10.1. The van der Waals surface area contributed by atoms with Crippen LogP contribution in [0.1, 0.15) is 49.4 Å². The Morgan fingerprint density at radius 3 is 2.00 bits per heavy atom. The van der Waals surface area contributed by atoms with E-state index in [1.165, 1.54) is 16.7 Å². The number of nitrogens with zero attached hydrogens (tertiary/aromatic N) is 1. The highest BCUT2D eigenvalue weighted by Crippen LogP contribution is 2.17. The minimum absolute atomic E-state index is 0.0144. The Bertz CT molecular complexity index is 818. The van der Waals surface area contributed by atoms with Crippen molar-refractivity contribution >= 4 is 23.6 Å². The first kappa shape index (κ1) is 24.0. The highest BCUT2D eigenvalue weighted by atomic mass is 32.2. The Balaban J connectivity index is 2.06. The van der Waals surface area contributed by atoms with Gasteiger partial charge in [0, 0.05) is 18.3 Å². The van der Waals surface area contributed by atoms with E-state index in [9.17, 15) is 9.59 Å². The summed E-state index contributed by atoms with van der Waals surface area (Å²) in [7, 11) is 0. The van der Waals surface area contributed by atoms with Crippen molar-refractivity contribution in [3.63, 3.8) is 0 Å². The van der Waals surface area contributed by atoms with Crippen LogP contribution >= 0.6 is 11.8 Å². The Kier molecular flexibility index (Phi) is 9.44. The summed E-state index contributed by atoms with van der Waals surface area (Å²) in [5.41, 5.74) is 4.63. The maximum atomic E-state index is 13.1. The average Bonchev–Trinajstić information content (AvgIpc) is 2.74. The summed E-state index contributed by atoms with van der Waals surface area (Å²) < 4.78 is 0. The summed E-state index contributed by atoms with van der Waals surface area (Å²) >= 11 is 1.59. The van der Waals surface area contributed by atoms with Crippen molar-refractivity contribution in [2.75, 3.05) is 5.75 Å². The van der Waals surface area contributed by atoms with E-state index in [1.807, 2.05) is 52.0 Å². The number of thioether (sulfide) groups is 1. The van der Waals surface area contributed by atoms with E-state index < -0.39 is 6.04 Å². The van der Waals surface area contributed by atoms with Gasteiger partial charge in [-0.05, 0) is 45.2 Å². The Hall–Kier alpha value is -2.27. The Morgan fingerprint density at radius 2 is 1.47 bits per heavy atom. The number of hydrogen-bond acceptors (Lipinski definition) is 3. The summed E-state index contributed by atoms with van der Waals surface area (Å²) in [6.07, 6.45) is 0.858. The molecular formula is C25H34N2O2S. The first-order chi connectivity index (χ1) is 14.3. The molecule has 2 aromatic carbocycles. The fourth-order valence-electron chi connectivity index (χ4n) is 2.96. The van der Waals surface area contributed by atoms with Gasteiger partial charge in [0.15, 0.2) is 0 Å². The van der Waals surface area contributed by atoms with E-state index in [1.54, 1.807) is 16.7 Å². The zero-order valence-electron chi connectivity index (χ0n) is 18.8. The second-order valence-corrected chi connectivity index (χ2v) is 8.97. The van der Waals surface area contributed by atoms with E-state index >= 15 is 0 Å². The number of rotatable bonds is 10. The van der Waals surface area contributed by atoms with Crippen molar-refractivity contribution < 1.29 is 9.59 Å². The molecular weight excluding hydrogens is 392 g/mol. The molecule has 2 aromatic rings. The summed E-state index contributed by atoms with van der Waals surface area (Å²) in [5, 5.41) is 3.01. The minimum atomic E-state index is -0.521. The zero-order valence-corrected chi connectivity index (χ0v) is 19.6. The first-order valence-corrected chi connectivity index (χ1v) is 11.7. The molecule has 1 N–H and O–H groups in total. The van der Waals surface area contributed by atoms with Crippen molar-refractivity contribution in [1.82, 2.24) is 10.2 Å². The SMILES string of the molecule is CC[C@H](C)NC(=O)[C@@H](C)N(Cc1ccc(C)cc1)C(=O)CSCc1ccc(C)cc1. The lowest BCUT2D eigenvalue weighted by molar-refractivity contribution is -0.138. The molecule has 2 rings (SSSR count). The maximum Gasteiger partial charge on any atom is 0.242 e. The van der Waals surface area contributed by atoms with Gasteiger partial charge in [0.25, 0.3) is 0 Å². The Labute approximate surface area is 185 Å². The predicted octanol–water partition coefficient (Wildman–Crippen LogP) is 4.87. The molecule has 2 atom stereocenters. The molecule has 162 valence electrons. The van der Waals surface area contributed by atoms with Crippen molar-refractivity contribution in [1.29, 1.82) is 0 Å². The normalized spacial score (nSPS) is 12.8. The molecule has 0 spiro atoms. The minimum Gasteiger partial charge on any atom is -0.352 e. The van der Waals surface area contributed by atoms with Crippen LogP contribution in [-0.2, 0) is 21.9 Å². The van der Waals surface area contributed by atoms with Gasteiger partial charge in [0.05, 0.1) is 5.75 Å². The van der Waals surface area contributed by atoms with Gasteiger partial charge in [-0.2, -0.15) is 0 Å². The van der Waals surface area contributed by atoms with Crippen molar-refractivity contribution in [2.45, 2.75) is 65.4 Å². The molecule has 0 aliphatic carbocycles. The standard InChI is InChI=1S/C25H34N2O2S/c1-6-20(4)26-25(29)21(5)27(15-22-11-7-18(2)8-12-22)24(28)17-30-16-23-13-9-19(3)10-14-23/h7-14,20-21H,6,15-17H2,1-5H3,(H,26,29)/t20-,21+/m0/s1. The topological polar surface area (TPSA) is 49.4 Å². The van der Waals surface area contributed by atoms with Crippen LogP contribution in [0.15, 0.2) is 48.5 Å². The van der Waals surface area contributed by atoms with E-state index in [4.69, 9.17) is 0 Å². The average molecular weight is 427 g/mol. The summed E-state index contributed by atoms with van der Waals surface area (Å²) in [4.78, 5) is 27.5. The summed E-state index contributed by atoms with van der Waals surface area (Å²) in [6.45, 7) is 10.4. The molecule has 0 saturated heterocycles. The molecule has 0 fully saturated rings. The third-order valence-electron chi connectivity index (χ3n) is 5.26. The van der Waals surface area contributed by atoms with Gasteiger partial charge in [-0.15, -0.1) is 11.8 Å². The van der Waals surface area contributed by atoms with Gasteiger partial charge in [0.1, 0.15) is 6.04 Å². The Morgan fingerprint density at radius 1 is 0.933 bits per heavy atom. The maximum absolute atomic E-state index is 13.1. The first-order valence-electron chi connectivity index (χ1n) is 10.6. The molecule has 0 aromatic heterocycles. The second-order valence-electron chi connectivity index (χ2n) is 7.98. The van der Waals surface area contributed by atoms with Crippen LogP contribution < -0.4 is 5.32 Å². The summed E-state index contributed by atoms with van der Waals surface area (Å²) in [5.74, 6) is 1.01. The summed E-state index contributed by atoms with van der Waals surface area (Å²) in [6, 6.07) is 16.0. The van der Waals surface area contributed by atoms with Crippen LogP contribution in [0.5, 0.6) is 0 Å². The number of benzene rings is 2. The molecule has 0 unspecified atom stereocenters. The molecule has 0 aliphatic heterocycles. The zero-order chi connectivity index (χ0) is 22.1. The highest BCUT2D eigenvalue weighted by Gasteiger charge is 2.26. The lowest BCUT2D eigenvalue weighted by Crippen LogP contribution is -2.50. The van der Waals surface area contributed by atoms with Gasteiger partial charge in [-0.3, -0.25) is 9.59 Å². The van der Waals surface area contributed by atoms with E-state index in [-0.39, 0.29) is 17.9 Å². The molecule has 5 heteroatoms. The van der Waals surface area contributed by atoms with Crippen LogP contribution in [-0.4, -0.2) is 34.6 Å². The van der Waals surface area contributed by atoms with E-state index in [2.05, 4.69) is 36.5 Å². The van der Waals surface area contributed by atoms with E-state index in [0.29, 0.717) is 12.3 Å². The second kappa shape index (κ2) is 11.8. The number of amides is 2. The van der Waals surface area contributed by atoms with Crippen LogP contribution in [0.2, 0.25) is 0 Å². The molecule has 0 radical (unpaired) electrons. The van der Waals surface area contributed by atoms with Gasteiger partial charge in [-0.1, -0.05) is 66.6 Å². The van der Waals surface area contributed by atoms with Crippen molar-refractivity contribution in [3.05, 3.63) is 70.8 Å². The third kappa shape index (κ3) is 7.52. The number of hydrogen-bond donors (Lipinski definition) is 1. The monoisotopic (exact) mass is 426 g/mol. The number of carbonyl (C=O) groups is 2. The largest absolute Gasteiger partial charge is 0.352 e. The molecule has 30 heavy (non-hydrogen) atoms. The molecule has 2 amide bonds. The van der Waals surface area contributed by atoms with Crippen molar-refractivity contribution in [3.8, 4) is 0 Å². The van der Waals surface area contributed by atoms with Crippen LogP contribution in [0.3, 0.4) is 0 Å². The fourth-order valence-corrected chi connectivity index (χ4v) is 3.83. The van der Waals surface area contributed by atoms with Gasteiger partial charge in [-0.25, -0.2) is 0 Å². The fraction of sp³-hybridized carbons (Fsp3) is 0.440. The van der Waals surface area contributed by atoms with Gasteiger partial charge in [0.2, 0.25) is 11.8 Å². The van der Waals surface area contributed by atoms with Gasteiger partial charge >= 0.3 is 0 Å². The molecule has 0 aliphatic rings. The smallest absolute Gasteiger partial charge is 0.242 e. The van der Waals surface area contributed by atoms with Crippen molar-refractivity contribution in [2.24, 2.45) is 0 Å². The molecule has 0 heterocycles. The third-order valence-corrected chi connectivity index (χ3v) is 6.25. The van der Waals surface area contributed by atoms with E-state index in [0.717, 1.165) is 17.7 Å².